The number of carboxylic acid groups (broad SMARTS) is 1. The van der Waals surface area contributed by atoms with Crippen LogP contribution >= 0.6 is 0 Å². The standard InChI is InChI=1S/C11H14N2O4/c1-2-17-11(16)8-3-5-9(6-4-8)13-12-7-10(14)15/h3-6,12-13H,2,7H2,1H3,(H,14,15). The van der Waals surface area contributed by atoms with Crippen molar-refractivity contribution in [1.82, 2.24) is 5.43 Å². The lowest BCUT2D eigenvalue weighted by Crippen LogP contribution is -2.28. The lowest BCUT2D eigenvalue weighted by Gasteiger charge is -2.07. The summed E-state index contributed by atoms with van der Waals surface area (Å²) in [5.74, 6) is -1.34. The first-order valence-corrected chi connectivity index (χ1v) is 5.11. The van der Waals surface area contributed by atoms with Gasteiger partial charge in [-0.3, -0.25) is 4.79 Å². The second-order valence-corrected chi connectivity index (χ2v) is 3.17. The molecule has 1 aromatic rings. The Balaban J connectivity index is 2.50. The topological polar surface area (TPSA) is 87.7 Å². The number of rotatable bonds is 6. The zero-order valence-corrected chi connectivity index (χ0v) is 9.40. The zero-order chi connectivity index (χ0) is 12.7. The van der Waals surface area contributed by atoms with Gasteiger partial charge in [0.25, 0.3) is 0 Å². The smallest absolute Gasteiger partial charge is 0.338 e. The molecule has 6 nitrogen and oxygen atoms in total. The van der Waals surface area contributed by atoms with E-state index in [0.29, 0.717) is 17.9 Å². The number of anilines is 1. The minimum atomic E-state index is -0.958. The summed E-state index contributed by atoms with van der Waals surface area (Å²) >= 11 is 0. The second kappa shape index (κ2) is 6.49. The van der Waals surface area contributed by atoms with Crippen molar-refractivity contribution in [2.75, 3.05) is 18.6 Å². The zero-order valence-electron chi connectivity index (χ0n) is 9.40. The molecule has 92 valence electrons. The van der Waals surface area contributed by atoms with Crippen LogP contribution in [0.5, 0.6) is 0 Å². The Hall–Kier alpha value is -2.08. The van der Waals surface area contributed by atoms with E-state index in [9.17, 15) is 9.59 Å². The first-order chi connectivity index (χ1) is 8.13. The SMILES string of the molecule is CCOC(=O)c1ccc(NNCC(=O)O)cc1. The molecule has 0 atom stereocenters. The van der Waals surface area contributed by atoms with Crippen LogP contribution in [0.25, 0.3) is 0 Å². The highest BCUT2D eigenvalue weighted by molar-refractivity contribution is 5.89. The van der Waals surface area contributed by atoms with Crippen molar-refractivity contribution < 1.29 is 19.4 Å². The molecule has 0 amide bonds. The van der Waals surface area contributed by atoms with E-state index in [1.165, 1.54) is 0 Å². The summed E-state index contributed by atoms with van der Waals surface area (Å²) < 4.78 is 4.83. The maximum Gasteiger partial charge on any atom is 0.338 e. The van der Waals surface area contributed by atoms with Crippen molar-refractivity contribution in [1.29, 1.82) is 0 Å². The molecule has 0 aromatic heterocycles. The van der Waals surface area contributed by atoms with Gasteiger partial charge >= 0.3 is 11.9 Å². The summed E-state index contributed by atoms with van der Waals surface area (Å²) in [6.45, 7) is 1.88. The third-order valence-electron chi connectivity index (χ3n) is 1.87. The van der Waals surface area contributed by atoms with E-state index in [4.69, 9.17) is 9.84 Å². The molecule has 0 saturated heterocycles. The summed E-state index contributed by atoms with van der Waals surface area (Å²) in [4.78, 5) is 21.6. The van der Waals surface area contributed by atoms with Crippen LogP contribution in [0.1, 0.15) is 17.3 Å². The molecule has 0 heterocycles. The maximum atomic E-state index is 11.3. The van der Waals surface area contributed by atoms with Crippen LogP contribution in [0, 0.1) is 0 Å². The second-order valence-electron chi connectivity index (χ2n) is 3.17. The van der Waals surface area contributed by atoms with Crippen LogP contribution in [0.3, 0.4) is 0 Å². The first kappa shape index (κ1) is 13.0. The summed E-state index contributed by atoms with van der Waals surface area (Å²) in [6, 6.07) is 6.51. The number of hydrazine groups is 1. The van der Waals surface area contributed by atoms with E-state index < -0.39 is 5.97 Å². The molecule has 0 bridgehead atoms. The van der Waals surface area contributed by atoms with Crippen molar-refractivity contribution in [2.45, 2.75) is 6.92 Å². The number of ether oxygens (including phenoxy) is 1. The van der Waals surface area contributed by atoms with Gasteiger partial charge in [-0.25, -0.2) is 10.2 Å². The predicted molar refractivity (Wildman–Crippen MR) is 61.7 cm³/mol. The van der Waals surface area contributed by atoms with Crippen molar-refractivity contribution in [3.05, 3.63) is 29.8 Å². The Kier molecular flexibility index (Phi) is 4.96. The van der Waals surface area contributed by atoms with Gasteiger partial charge in [0.1, 0.15) is 6.54 Å². The molecule has 0 radical (unpaired) electrons. The fourth-order valence-electron chi connectivity index (χ4n) is 1.13. The Labute approximate surface area is 98.6 Å². The molecule has 0 unspecified atom stereocenters. The number of hydrogen-bond donors (Lipinski definition) is 3. The van der Waals surface area contributed by atoms with E-state index in [0.717, 1.165) is 0 Å². The van der Waals surface area contributed by atoms with Crippen LogP contribution in [0.15, 0.2) is 24.3 Å². The normalized spacial score (nSPS) is 9.71. The molecule has 0 aliphatic rings. The van der Waals surface area contributed by atoms with Crippen LogP contribution in [-0.2, 0) is 9.53 Å². The van der Waals surface area contributed by atoms with Crippen molar-refractivity contribution in [3.63, 3.8) is 0 Å². The number of benzene rings is 1. The Bertz CT molecular complexity index is 389. The average molecular weight is 238 g/mol. The average Bonchev–Trinajstić information content (AvgIpc) is 2.30. The van der Waals surface area contributed by atoms with E-state index in [-0.39, 0.29) is 12.5 Å². The lowest BCUT2D eigenvalue weighted by atomic mass is 10.2. The quantitative estimate of drug-likeness (QED) is 0.503. The molecule has 0 saturated carbocycles. The van der Waals surface area contributed by atoms with Gasteiger partial charge in [0, 0.05) is 5.69 Å². The van der Waals surface area contributed by atoms with Gasteiger partial charge in [0.2, 0.25) is 0 Å². The molecule has 3 N–H and O–H groups in total. The molecular weight excluding hydrogens is 224 g/mol. The van der Waals surface area contributed by atoms with Gasteiger partial charge in [-0.2, -0.15) is 0 Å². The third kappa shape index (κ3) is 4.52. The number of nitrogens with one attached hydrogen (secondary N) is 2. The largest absolute Gasteiger partial charge is 0.480 e. The molecule has 0 aliphatic carbocycles. The fourth-order valence-corrected chi connectivity index (χ4v) is 1.13. The van der Waals surface area contributed by atoms with E-state index in [2.05, 4.69) is 10.9 Å². The van der Waals surface area contributed by atoms with Crippen LogP contribution in [-0.4, -0.2) is 30.2 Å². The van der Waals surface area contributed by atoms with Crippen LogP contribution in [0.4, 0.5) is 5.69 Å². The maximum absolute atomic E-state index is 11.3. The number of aliphatic carboxylic acids is 1. The number of carbonyl (C=O) groups is 2. The highest BCUT2D eigenvalue weighted by Gasteiger charge is 2.05. The molecule has 1 rings (SSSR count). The molecule has 0 fully saturated rings. The number of carbonyl (C=O) groups excluding carboxylic acids is 1. The highest BCUT2D eigenvalue weighted by atomic mass is 16.5. The Morgan fingerprint density at radius 1 is 1.29 bits per heavy atom. The van der Waals surface area contributed by atoms with Crippen LogP contribution in [0.2, 0.25) is 0 Å². The molecular formula is C11H14N2O4. The molecule has 1 aromatic carbocycles. The summed E-state index contributed by atoms with van der Waals surface area (Å²) in [7, 11) is 0. The van der Waals surface area contributed by atoms with Gasteiger partial charge < -0.3 is 15.3 Å². The van der Waals surface area contributed by atoms with E-state index in [1.54, 1.807) is 31.2 Å². The predicted octanol–water partition coefficient (Wildman–Crippen LogP) is 0.864. The van der Waals surface area contributed by atoms with Crippen LogP contribution < -0.4 is 10.9 Å². The minimum absolute atomic E-state index is 0.195. The van der Waals surface area contributed by atoms with Gasteiger partial charge in [-0.05, 0) is 31.2 Å². The number of hydrogen-bond acceptors (Lipinski definition) is 5. The van der Waals surface area contributed by atoms with E-state index in [1.807, 2.05) is 0 Å². The van der Waals surface area contributed by atoms with Gasteiger partial charge in [0.15, 0.2) is 0 Å². The summed E-state index contributed by atoms with van der Waals surface area (Å²) in [5, 5.41) is 8.40. The molecule has 17 heavy (non-hydrogen) atoms. The monoisotopic (exact) mass is 238 g/mol. The van der Waals surface area contributed by atoms with Gasteiger partial charge in [0.05, 0.1) is 12.2 Å². The van der Waals surface area contributed by atoms with Gasteiger partial charge in [-0.1, -0.05) is 0 Å². The van der Waals surface area contributed by atoms with Crippen molar-refractivity contribution in [3.8, 4) is 0 Å². The first-order valence-electron chi connectivity index (χ1n) is 5.11. The Morgan fingerprint density at radius 3 is 2.47 bits per heavy atom. The summed E-state index contributed by atoms with van der Waals surface area (Å²) in [6.07, 6.45) is 0. The Morgan fingerprint density at radius 2 is 1.94 bits per heavy atom. The third-order valence-corrected chi connectivity index (χ3v) is 1.87. The minimum Gasteiger partial charge on any atom is -0.480 e. The van der Waals surface area contributed by atoms with Gasteiger partial charge in [-0.15, -0.1) is 0 Å². The lowest BCUT2D eigenvalue weighted by molar-refractivity contribution is -0.135. The molecule has 6 heteroatoms. The van der Waals surface area contributed by atoms with E-state index >= 15 is 0 Å². The highest BCUT2D eigenvalue weighted by Crippen LogP contribution is 2.09. The van der Waals surface area contributed by atoms with Crippen molar-refractivity contribution >= 4 is 17.6 Å². The molecule has 0 spiro atoms. The number of carboxylic acids is 1. The van der Waals surface area contributed by atoms with Crippen molar-refractivity contribution in [2.24, 2.45) is 0 Å². The number of esters is 1. The fraction of sp³-hybridized carbons (Fsp3) is 0.273. The molecule has 0 aliphatic heterocycles. The summed E-state index contributed by atoms with van der Waals surface area (Å²) in [5.41, 5.74) is 6.32.